The number of nitrogens with zero attached hydrogens (tertiary/aromatic N) is 2. The summed E-state index contributed by atoms with van der Waals surface area (Å²) in [7, 11) is 1.82. The predicted octanol–water partition coefficient (Wildman–Crippen LogP) is 3.63. The number of rotatable bonds is 12. The summed E-state index contributed by atoms with van der Waals surface area (Å²) in [5.74, 6) is 0.856. The van der Waals surface area contributed by atoms with Gasteiger partial charge in [-0.15, -0.1) is 24.0 Å². The molecule has 0 aliphatic carbocycles. The Morgan fingerprint density at radius 2 is 1.73 bits per heavy atom. The molecule has 0 saturated heterocycles. The fourth-order valence-corrected chi connectivity index (χ4v) is 2.65. The van der Waals surface area contributed by atoms with Crippen molar-refractivity contribution in [1.82, 2.24) is 15.5 Å². The Morgan fingerprint density at radius 1 is 1.04 bits per heavy atom. The van der Waals surface area contributed by atoms with Crippen LogP contribution in [0.3, 0.4) is 0 Å². The zero-order valence-corrected chi connectivity index (χ0v) is 19.2. The summed E-state index contributed by atoms with van der Waals surface area (Å²) < 4.78 is 5.36. The molecule has 2 N–H and O–H groups in total. The molecule has 1 aromatic rings. The number of ether oxygens (including phenoxy) is 1. The van der Waals surface area contributed by atoms with Gasteiger partial charge in [0.05, 0.1) is 0 Å². The van der Waals surface area contributed by atoms with Crippen molar-refractivity contribution in [2.75, 3.05) is 39.9 Å². The number of hydrogen-bond donors (Lipinski definition) is 2. The average Bonchev–Trinajstić information content (AvgIpc) is 2.65. The van der Waals surface area contributed by atoms with Crippen molar-refractivity contribution < 1.29 is 4.74 Å². The van der Waals surface area contributed by atoms with Gasteiger partial charge in [-0.05, 0) is 44.0 Å². The molecule has 0 aromatic heterocycles. The first kappa shape index (κ1) is 25.1. The fraction of sp³-hybridized carbons (Fsp3) is 0.650. The summed E-state index contributed by atoms with van der Waals surface area (Å²) in [5, 5.41) is 6.80. The SMILES string of the molecule is CCOCCCCNC(=NC)NCc1ccccc1CN(CC)CC.I. The Kier molecular flexibility index (Phi) is 15.8. The Labute approximate surface area is 177 Å². The maximum absolute atomic E-state index is 5.36. The van der Waals surface area contributed by atoms with Gasteiger partial charge in [0.2, 0.25) is 0 Å². The van der Waals surface area contributed by atoms with Crippen LogP contribution in [-0.2, 0) is 17.8 Å². The van der Waals surface area contributed by atoms with E-state index in [0.29, 0.717) is 0 Å². The lowest BCUT2D eigenvalue weighted by molar-refractivity contribution is 0.143. The molecule has 150 valence electrons. The lowest BCUT2D eigenvalue weighted by Crippen LogP contribution is -2.37. The lowest BCUT2D eigenvalue weighted by Gasteiger charge is -2.20. The normalized spacial score (nSPS) is 11.3. The summed E-state index contributed by atoms with van der Waals surface area (Å²) in [6.45, 7) is 12.9. The second-order valence-electron chi connectivity index (χ2n) is 5.99. The van der Waals surface area contributed by atoms with E-state index >= 15 is 0 Å². The van der Waals surface area contributed by atoms with Gasteiger partial charge in [0.1, 0.15) is 0 Å². The van der Waals surface area contributed by atoms with Crippen molar-refractivity contribution in [3.05, 3.63) is 35.4 Å². The van der Waals surface area contributed by atoms with Gasteiger partial charge < -0.3 is 15.4 Å². The third kappa shape index (κ3) is 10.3. The van der Waals surface area contributed by atoms with E-state index in [2.05, 4.69) is 58.6 Å². The largest absolute Gasteiger partial charge is 0.382 e. The summed E-state index contributed by atoms with van der Waals surface area (Å²) in [5.41, 5.74) is 2.71. The van der Waals surface area contributed by atoms with Gasteiger partial charge in [-0.1, -0.05) is 38.1 Å². The molecule has 0 aliphatic rings. The highest BCUT2D eigenvalue weighted by atomic mass is 127. The summed E-state index contributed by atoms with van der Waals surface area (Å²) >= 11 is 0. The van der Waals surface area contributed by atoms with Crippen molar-refractivity contribution >= 4 is 29.9 Å². The maximum atomic E-state index is 5.36. The number of guanidine groups is 1. The van der Waals surface area contributed by atoms with Crippen LogP contribution in [0, 0.1) is 0 Å². The van der Waals surface area contributed by atoms with E-state index in [9.17, 15) is 0 Å². The molecule has 26 heavy (non-hydrogen) atoms. The van der Waals surface area contributed by atoms with E-state index in [4.69, 9.17) is 4.74 Å². The molecular formula is C20H37IN4O. The minimum atomic E-state index is 0. The highest BCUT2D eigenvalue weighted by Crippen LogP contribution is 2.11. The molecule has 5 nitrogen and oxygen atoms in total. The molecule has 1 rings (SSSR count). The van der Waals surface area contributed by atoms with Crippen LogP contribution >= 0.6 is 24.0 Å². The van der Waals surface area contributed by atoms with Gasteiger partial charge in [-0.3, -0.25) is 9.89 Å². The fourth-order valence-electron chi connectivity index (χ4n) is 2.65. The molecule has 0 aliphatic heterocycles. The van der Waals surface area contributed by atoms with Crippen LogP contribution in [0.15, 0.2) is 29.3 Å². The monoisotopic (exact) mass is 476 g/mol. The van der Waals surface area contributed by atoms with Gasteiger partial charge in [-0.2, -0.15) is 0 Å². The first-order valence-electron chi connectivity index (χ1n) is 9.56. The molecule has 0 saturated carbocycles. The standard InChI is InChI=1S/C20H36N4O.HI/c1-5-24(6-2)17-19-13-9-8-12-18(19)16-23-20(21-4)22-14-10-11-15-25-7-3;/h8-9,12-13H,5-7,10-11,14-17H2,1-4H3,(H2,21,22,23);1H. The van der Waals surface area contributed by atoms with Crippen LogP contribution in [0.1, 0.15) is 44.7 Å². The van der Waals surface area contributed by atoms with E-state index in [-0.39, 0.29) is 24.0 Å². The number of aliphatic imine (C=N–C) groups is 1. The summed E-state index contributed by atoms with van der Waals surface area (Å²) in [4.78, 5) is 6.75. The van der Waals surface area contributed by atoms with Gasteiger partial charge in [0.15, 0.2) is 5.96 Å². The van der Waals surface area contributed by atoms with Crippen molar-refractivity contribution in [2.24, 2.45) is 4.99 Å². The second kappa shape index (κ2) is 16.3. The van der Waals surface area contributed by atoms with Crippen molar-refractivity contribution in [3.8, 4) is 0 Å². The topological polar surface area (TPSA) is 48.9 Å². The zero-order chi connectivity index (χ0) is 18.3. The third-order valence-electron chi connectivity index (χ3n) is 4.29. The maximum Gasteiger partial charge on any atom is 0.191 e. The molecule has 0 unspecified atom stereocenters. The molecule has 0 heterocycles. The Bertz CT molecular complexity index is 492. The number of unbranched alkanes of at least 4 members (excludes halogenated alkanes) is 1. The molecule has 0 atom stereocenters. The minimum absolute atomic E-state index is 0. The highest BCUT2D eigenvalue weighted by molar-refractivity contribution is 14.0. The van der Waals surface area contributed by atoms with Crippen molar-refractivity contribution in [3.63, 3.8) is 0 Å². The van der Waals surface area contributed by atoms with Gasteiger partial charge in [0, 0.05) is 39.9 Å². The predicted molar refractivity (Wildman–Crippen MR) is 122 cm³/mol. The Hall–Kier alpha value is -0.860. The minimum Gasteiger partial charge on any atom is -0.382 e. The summed E-state index contributed by atoms with van der Waals surface area (Å²) in [6.07, 6.45) is 2.16. The van der Waals surface area contributed by atoms with Crippen molar-refractivity contribution in [2.45, 2.75) is 46.7 Å². The molecule has 6 heteroatoms. The molecule has 0 radical (unpaired) electrons. The van der Waals surface area contributed by atoms with Gasteiger partial charge in [0.25, 0.3) is 0 Å². The highest BCUT2D eigenvalue weighted by Gasteiger charge is 2.07. The van der Waals surface area contributed by atoms with Gasteiger partial charge in [-0.25, -0.2) is 0 Å². The Morgan fingerprint density at radius 3 is 2.35 bits per heavy atom. The number of hydrogen-bond acceptors (Lipinski definition) is 3. The first-order chi connectivity index (χ1) is 12.2. The van der Waals surface area contributed by atoms with E-state index in [0.717, 1.165) is 64.7 Å². The smallest absolute Gasteiger partial charge is 0.191 e. The average molecular weight is 476 g/mol. The number of halogens is 1. The number of benzene rings is 1. The number of nitrogens with one attached hydrogen (secondary N) is 2. The van der Waals surface area contributed by atoms with Gasteiger partial charge >= 0.3 is 0 Å². The van der Waals surface area contributed by atoms with Crippen LogP contribution < -0.4 is 10.6 Å². The van der Waals surface area contributed by atoms with E-state index in [1.807, 2.05) is 14.0 Å². The molecule has 0 spiro atoms. The van der Waals surface area contributed by atoms with Crippen LogP contribution in [0.4, 0.5) is 0 Å². The van der Waals surface area contributed by atoms with Crippen molar-refractivity contribution in [1.29, 1.82) is 0 Å². The van der Waals surface area contributed by atoms with E-state index in [1.165, 1.54) is 11.1 Å². The molecule has 0 bridgehead atoms. The third-order valence-corrected chi connectivity index (χ3v) is 4.29. The van der Waals surface area contributed by atoms with E-state index in [1.54, 1.807) is 0 Å². The molecule has 1 aromatic carbocycles. The Balaban J connectivity index is 0.00000625. The molecule has 0 amide bonds. The summed E-state index contributed by atoms with van der Waals surface area (Å²) in [6, 6.07) is 8.64. The van der Waals surface area contributed by atoms with E-state index < -0.39 is 0 Å². The molecular weight excluding hydrogens is 439 g/mol. The quantitative estimate of drug-likeness (QED) is 0.209. The van der Waals surface area contributed by atoms with Crippen LogP contribution in [0.2, 0.25) is 0 Å². The van der Waals surface area contributed by atoms with Crippen LogP contribution in [0.5, 0.6) is 0 Å². The van der Waals surface area contributed by atoms with Crippen LogP contribution in [-0.4, -0.2) is 50.8 Å². The van der Waals surface area contributed by atoms with Crippen LogP contribution in [0.25, 0.3) is 0 Å². The zero-order valence-electron chi connectivity index (χ0n) is 16.9. The first-order valence-corrected chi connectivity index (χ1v) is 9.56. The molecule has 0 fully saturated rings. The second-order valence-corrected chi connectivity index (χ2v) is 5.99. The lowest BCUT2D eigenvalue weighted by atomic mass is 10.1.